The fourth-order valence-corrected chi connectivity index (χ4v) is 4.35. The highest BCUT2D eigenvalue weighted by Gasteiger charge is 2.24. The summed E-state index contributed by atoms with van der Waals surface area (Å²) in [5.74, 6) is 0.799. The molecule has 0 saturated carbocycles. The van der Waals surface area contributed by atoms with Gasteiger partial charge in [0.2, 0.25) is 0 Å². The van der Waals surface area contributed by atoms with Crippen LogP contribution < -0.4 is 10.2 Å². The molecule has 1 heterocycles. The summed E-state index contributed by atoms with van der Waals surface area (Å²) in [5.41, 5.74) is 6.26. The SMILES string of the molecule is COC(=O)c1ccc(C2CCC(C)N=C(Nc3cccc(N(C)C)c3)c3ccccc32)cc1. The van der Waals surface area contributed by atoms with Crippen molar-refractivity contribution in [3.63, 3.8) is 0 Å². The fourth-order valence-electron chi connectivity index (χ4n) is 4.35. The van der Waals surface area contributed by atoms with Gasteiger partial charge in [0, 0.05) is 43.0 Å². The number of carbonyl (C=O) groups excluding carboxylic acids is 1. The zero-order chi connectivity index (χ0) is 23.4. The number of fused-ring (bicyclic) bond motifs is 1. The summed E-state index contributed by atoms with van der Waals surface area (Å²) in [7, 11) is 5.49. The Kier molecular flexibility index (Phi) is 6.78. The topological polar surface area (TPSA) is 53.9 Å². The lowest BCUT2D eigenvalue weighted by molar-refractivity contribution is 0.0600. The Morgan fingerprint density at radius 1 is 1.00 bits per heavy atom. The van der Waals surface area contributed by atoms with Crippen LogP contribution in [0.5, 0.6) is 0 Å². The first-order valence-electron chi connectivity index (χ1n) is 11.4. The van der Waals surface area contributed by atoms with Crippen molar-refractivity contribution in [1.29, 1.82) is 0 Å². The number of nitrogens with one attached hydrogen (secondary N) is 1. The van der Waals surface area contributed by atoms with Gasteiger partial charge in [-0.05, 0) is 61.2 Å². The number of methoxy groups -OCH3 is 1. The molecule has 2 unspecified atom stereocenters. The van der Waals surface area contributed by atoms with Crippen LogP contribution in [0.15, 0.2) is 77.8 Å². The molecule has 5 nitrogen and oxygen atoms in total. The molecule has 1 aliphatic rings. The molecule has 0 fully saturated rings. The first-order chi connectivity index (χ1) is 16.0. The number of benzene rings is 3. The van der Waals surface area contributed by atoms with Gasteiger partial charge >= 0.3 is 5.97 Å². The molecule has 33 heavy (non-hydrogen) atoms. The van der Waals surface area contributed by atoms with Crippen LogP contribution in [-0.2, 0) is 4.74 Å². The van der Waals surface area contributed by atoms with Gasteiger partial charge in [-0.1, -0.05) is 42.5 Å². The minimum Gasteiger partial charge on any atom is -0.465 e. The van der Waals surface area contributed by atoms with Crippen molar-refractivity contribution in [2.45, 2.75) is 31.7 Å². The van der Waals surface area contributed by atoms with Crippen LogP contribution in [-0.4, -0.2) is 39.1 Å². The van der Waals surface area contributed by atoms with Gasteiger partial charge in [0.1, 0.15) is 5.84 Å². The number of anilines is 2. The van der Waals surface area contributed by atoms with Crippen LogP contribution >= 0.6 is 0 Å². The maximum atomic E-state index is 11.9. The van der Waals surface area contributed by atoms with Crippen LogP contribution in [0.4, 0.5) is 11.4 Å². The van der Waals surface area contributed by atoms with Crippen LogP contribution in [0, 0.1) is 0 Å². The molecule has 0 aliphatic carbocycles. The average molecular weight is 442 g/mol. The van der Waals surface area contributed by atoms with Crippen molar-refractivity contribution in [1.82, 2.24) is 0 Å². The summed E-state index contributed by atoms with van der Waals surface area (Å²) in [4.78, 5) is 19.0. The van der Waals surface area contributed by atoms with E-state index < -0.39 is 0 Å². The Labute approximate surface area is 196 Å². The van der Waals surface area contributed by atoms with Crippen molar-refractivity contribution in [2.24, 2.45) is 4.99 Å². The van der Waals surface area contributed by atoms with E-state index in [1.54, 1.807) is 0 Å². The van der Waals surface area contributed by atoms with Gasteiger partial charge in [-0.3, -0.25) is 4.99 Å². The molecule has 4 rings (SSSR count). The molecular formula is C28H31N3O2. The molecule has 3 aromatic carbocycles. The number of esters is 1. The Morgan fingerprint density at radius 3 is 2.48 bits per heavy atom. The lowest BCUT2D eigenvalue weighted by atomic mass is 9.82. The summed E-state index contributed by atoms with van der Waals surface area (Å²) in [6.07, 6.45) is 1.96. The van der Waals surface area contributed by atoms with Crippen molar-refractivity contribution in [3.05, 3.63) is 95.1 Å². The Morgan fingerprint density at radius 2 is 1.76 bits per heavy atom. The summed E-state index contributed by atoms with van der Waals surface area (Å²) in [6, 6.07) is 24.8. The van der Waals surface area contributed by atoms with E-state index in [2.05, 4.69) is 65.7 Å². The van der Waals surface area contributed by atoms with Gasteiger partial charge in [0.25, 0.3) is 0 Å². The van der Waals surface area contributed by atoms with E-state index in [1.807, 2.05) is 38.4 Å². The average Bonchev–Trinajstić information content (AvgIpc) is 2.83. The molecule has 0 amide bonds. The Balaban J connectivity index is 1.72. The number of nitrogens with zero attached hydrogens (tertiary/aromatic N) is 2. The summed E-state index contributed by atoms with van der Waals surface area (Å²) in [6.45, 7) is 2.17. The minimum atomic E-state index is -0.313. The Bertz CT molecular complexity index is 1150. The minimum absolute atomic E-state index is 0.190. The zero-order valence-corrected chi connectivity index (χ0v) is 19.7. The van der Waals surface area contributed by atoms with E-state index in [0.29, 0.717) is 5.56 Å². The predicted octanol–water partition coefficient (Wildman–Crippen LogP) is 5.71. The molecule has 0 spiro atoms. The molecule has 2 atom stereocenters. The molecule has 170 valence electrons. The highest BCUT2D eigenvalue weighted by atomic mass is 16.5. The quantitative estimate of drug-likeness (QED) is 0.527. The van der Waals surface area contributed by atoms with Crippen LogP contribution in [0.1, 0.15) is 52.7 Å². The first kappa shape index (κ1) is 22.6. The summed E-state index contributed by atoms with van der Waals surface area (Å²) >= 11 is 0. The molecule has 3 aromatic rings. The van der Waals surface area contributed by atoms with Crippen LogP contribution in [0.3, 0.4) is 0 Å². The van der Waals surface area contributed by atoms with E-state index >= 15 is 0 Å². The lowest BCUT2D eigenvalue weighted by Crippen LogP contribution is -2.23. The maximum absolute atomic E-state index is 11.9. The van der Waals surface area contributed by atoms with Crippen molar-refractivity contribution in [3.8, 4) is 0 Å². The Hall–Kier alpha value is -3.60. The summed E-state index contributed by atoms with van der Waals surface area (Å²) in [5, 5.41) is 3.60. The van der Waals surface area contributed by atoms with Gasteiger partial charge in [-0.25, -0.2) is 4.79 Å². The first-order valence-corrected chi connectivity index (χ1v) is 11.4. The number of hydrogen-bond donors (Lipinski definition) is 1. The normalized spacial score (nSPS) is 17.8. The number of hydrogen-bond acceptors (Lipinski definition) is 5. The van der Waals surface area contributed by atoms with E-state index in [4.69, 9.17) is 9.73 Å². The second-order valence-electron chi connectivity index (χ2n) is 8.73. The van der Waals surface area contributed by atoms with Gasteiger partial charge < -0.3 is 15.0 Å². The third-order valence-electron chi connectivity index (χ3n) is 6.17. The van der Waals surface area contributed by atoms with E-state index in [0.717, 1.165) is 35.6 Å². The van der Waals surface area contributed by atoms with Gasteiger partial charge in [0.15, 0.2) is 0 Å². The zero-order valence-electron chi connectivity index (χ0n) is 19.7. The number of aliphatic imine (C=N–C) groups is 1. The lowest BCUT2D eigenvalue weighted by Gasteiger charge is -2.27. The molecule has 0 bridgehead atoms. The predicted molar refractivity (Wildman–Crippen MR) is 136 cm³/mol. The second-order valence-corrected chi connectivity index (χ2v) is 8.73. The second kappa shape index (κ2) is 9.90. The number of rotatable bonds is 4. The molecule has 1 N–H and O–H groups in total. The smallest absolute Gasteiger partial charge is 0.337 e. The van der Waals surface area contributed by atoms with E-state index in [9.17, 15) is 4.79 Å². The monoisotopic (exact) mass is 441 g/mol. The van der Waals surface area contributed by atoms with Crippen molar-refractivity contribution >= 4 is 23.2 Å². The molecule has 5 heteroatoms. The van der Waals surface area contributed by atoms with Crippen molar-refractivity contribution in [2.75, 3.05) is 31.4 Å². The van der Waals surface area contributed by atoms with E-state index in [1.165, 1.54) is 18.2 Å². The molecular weight excluding hydrogens is 410 g/mol. The number of ether oxygens (including phenoxy) is 1. The summed E-state index contributed by atoms with van der Waals surface area (Å²) < 4.78 is 4.86. The largest absolute Gasteiger partial charge is 0.465 e. The number of carbonyl (C=O) groups is 1. The standard InChI is InChI=1S/C28H31N3O2/c1-19-12-17-24(20-13-15-21(16-14-20)28(32)33-4)25-10-5-6-11-26(25)27(29-19)30-22-8-7-9-23(18-22)31(2)3/h5-11,13-16,18-19,24H,12,17H2,1-4H3,(H,29,30). The van der Waals surface area contributed by atoms with Gasteiger partial charge in [0.05, 0.1) is 12.7 Å². The number of amidine groups is 1. The van der Waals surface area contributed by atoms with Gasteiger partial charge in [-0.2, -0.15) is 0 Å². The molecule has 0 saturated heterocycles. The molecule has 0 radical (unpaired) electrons. The van der Waals surface area contributed by atoms with Crippen LogP contribution in [0.25, 0.3) is 0 Å². The highest BCUT2D eigenvalue weighted by Crippen LogP contribution is 2.35. The highest BCUT2D eigenvalue weighted by molar-refractivity contribution is 6.09. The van der Waals surface area contributed by atoms with Crippen molar-refractivity contribution < 1.29 is 9.53 Å². The molecule has 0 aromatic heterocycles. The fraction of sp³-hybridized carbons (Fsp3) is 0.286. The van der Waals surface area contributed by atoms with Gasteiger partial charge in [-0.15, -0.1) is 0 Å². The molecule has 1 aliphatic heterocycles. The third kappa shape index (κ3) is 5.08. The maximum Gasteiger partial charge on any atom is 0.337 e. The third-order valence-corrected chi connectivity index (χ3v) is 6.17. The van der Waals surface area contributed by atoms with E-state index in [-0.39, 0.29) is 17.9 Å². The van der Waals surface area contributed by atoms with Crippen LogP contribution in [0.2, 0.25) is 0 Å².